The van der Waals surface area contributed by atoms with Crippen LogP contribution < -0.4 is 0 Å². The Balaban J connectivity index is 1.80. The SMILES string of the molecule is C/C=C/CCCCCCCCCCCCCCCO[C@@H]1CO[C@@H](CO)[C@H](O)[C@H]1O. The molecule has 0 amide bonds. The molecule has 0 unspecified atom stereocenters. The van der Waals surface area contributed by atoms with Crippen molar-refractivity contribution in [2.45, 2.75) is 121 Å². The Morgan fingerprint density at radius 2 is 1.31 bits per heavy atom. The van der Waals surface area contributed by atoms with Gasteiger partial charge in [0.2, 0.25) is 0 Å². The highest BCUT2D eigenvalue weighted by Gasteiger charge is 2.38. The molecule has 0 aromatic carbocycles. The van der Waals surface area contributed by atoms with Crippen molar-refractivity contribution in [1.82, 2.24) is 0 Å². The molecule has 29 heavy (non-hydrogen) atoms. The van der Waals surface area contributed by atoms with E-state index >= 15 is 0 Å². The summed E-state index contributed by atoms with van der Waals surface area (Å²) >= 11 is 0. The lowest BCUT2D eigenvalue weighted by Crippen LogP contribution is -2.55. The molecule has 0 saturated carbocycles. The van der Waals surface area contributed by atoms with Crippen LogP contribution in [-0.2, 0) is 9.47 Å². The minimum absolute atomic E-state index is 0.222. The summed E-state index contributed by atoms with van der Waals surface area (Å²) in [4.78, 5) is 0. The fourth-order valence-electron chi connectivity index (χ4n) is 3.87. The minimum Gasteiger partial charge on any atom is -0.394 e. The highest BCUT2D eigenvalue weighted by Crippen LogP contribution is 2.18. The van der Waals surface area contributed by atoms with Crippen molar-refractivity contribution in [3.8, 4) is 0 Å². The fourth-order valence-corrected chi connectivity index (χ4v) is 3.87. The standard InChI is InChI=1S/C24H46O5/c1-2-3-4-5-6-7-8-9-10-11-12-13-14-15-16-17-18-28-22-20-29-21(19-25)23(26)24(22)27/h2-3,21-27H,4-20H2,1H3/b3-2+/t21-,22+,23-,24-/m0/s1. The lowest BCUT2D eigenvalue weighted by Gasteiger charge is -2.36. The molecule has 1 fully saturated rings. The second-order valence-corrected chi connectivity index (χ2v) is 8.40. The van der Waals surface area contributed by atoms with Crippen LogP contribution in [0.15, 0.2) is 12.2 Å². The van der Waals surface area contributed by atoms with Gasteiger partial charge in [-0.2, -0.15) is 0 Å². The highest BCUT2D eigenvalue weighted by molar-refractivity contribution is 4.87. The third-order valence-electron chi connectivity index (χ3n) is 5.85. The van der Waals surface area contributed by atoms with Gasteiger partial charge in [-0.05, 0) is 26.2 Å². The average Bonchev–Trinajstić information content (AvgIpc) is 2.73. The topological polar surface area (TPSA) is 79.2 Å². The molecule has 5 nitrogen and oxygen atoms in total. The maximum atomic E-state index is 10.0. The Labute approximate surface area is 178 Å². The number of hydrogen-bond donors (Lipinski definition) is 3. The van der Waals surface area contributed by atoms with Gasteiger partial charge in [-0.1, -0.05) is 82.8 Å². The van der Waals surface area contributed by atoms with Crippen LogP contribution in [0.4, 0.5) is 0 Å². The molecule has 1 aliphatic heterocycles. The first-order chi connectivity index (χ1) is 14.2. The summed E-state index contributed by atoms with van der Waals surface area (Å²) in [7, 11) is 0. The van der Waals surface area contributed by atoms with Gasteiger partial charge in [-0.3, -0.25) is 0 Å². The van der Waals surface area contributed by atoms with Crippen LogP contribution in [0.2, 0.25) is 0 Å². The number of aliphatic hydroxyl groups excluding tert-OH is 3. The molecule has 4 atom stereocenters. The lowest BCUT2D eigenvalue weighted by atomic mass is 10.0. The molecule has 3 N–H and O–H groups in total. The number of ether oxygens (including phenoxy) is 2. The van der Waals surface area contributed by atoms with Crippen LogP contribution >= 0.6 is 0 Å². The van der Waals surface area contributed by atoms with Crippen LogP contribution in [0.5, 0.6) is 0 Å². The van der Waals surface area contributed by atoms with Crippen molar-refractivity contribution in [1.29, 1.82) is 0 Å². The first-order valence-corrected chi connectivity index (χ1v) is 12.0. The molecular weight excluding hydrogens is 368 g/mol. The van der Waals surface area contributed by atoms with Gasteiger partial charge in [-0.25, -0.2) is 0 Å². The highest BCUT2D eigenvalue weighted by atomic mass is 16.6. The van der Waals surface area contributed by atoms with E-state index in [2.05, 4.69) is 19.1 Å². The van der Waals surface area contributed by atoms with Gasteiger partial charge in [0.15, 0.2) is 0 Å². The molecule has 0 aromatic rings. The summed E-state index contributed by atoms with van der Waals surface area (Å²) in [6.07, 6.45) is 19.4. The Morgan fingerprint density at radius 3 is 1.83 bits per heavy atom. The molecule has 0 bridgehead atoms. The van der Waals surface area contributed by atoms with Gasteiger partial charge in [-0.15, -0.1) is 0 Å². The second-order valence-electron chi connectivity index (χ2n) is 8.40. The number of aliphatic hydroxyl groups is 3. The van der Waals surface area contributed by atoms with Crippen molar-refractivity contribution in [3.05, 3.63) is 12.2 Å². The third-order valence-corrected chi connectivity index (χ3v) is 5.85. The van der Waals surface area contributed by atoms with Gasteiger partial charge >= 0.3 is 0 Å². The summed E-state index contributed by atoms with van der Waals surface area (Å²) in [5, 5.41) is 28.9. The summed E-state index contributed by atoms with van der Waals surface area (Å²) in [6.45, 7) is 2.61. The number of hydrogen-bond acceptors (Lipinski definition) is 5. The predicted octanol–water partition coefficient (Wildman–Crippen LogP) is 4.52. The fraction of sp³-hybridized carbons (Fsp3) is 0.917. The van der Waals surface area contributed by atoms with Gasteiger partial charge in [0.25, 0.3) is 0 Å². The number of rotatable bonds is 18. The largest absolute Gasteiger partial charge is 0.394 e. The molecule has 0 spiro atoms. The zero-order valence-electron chi connectivity index (χ0n) is 18.6. The Kier molecular flexibility index (Phi) is 16.8. The molecule has 0 radical (unpaired) electrons. The molecule has 1 saturated heterocycles. The van der Waals surface area contributed by atoms with Crippen molar-refractivity contribution in [3.63, 3.8) is 0 Å². The van der Waals surface area contributed by atoms with Crippen LogP contribution in [0, 0.1) is 0 Å². The van der Waals surface area contributed by atoms with Crippen LogP contribution in [0.1, 0.15) is 96.8 Å². The minimum atomic E-state index is -1.08. The van der Waals surface area contributed by atoms with Crippen LogP contribution in [-0.4, -0.2) is 59.6 Å². The molecule has 5 heteroatoms. The average molecular weight is 415 g/mol. The van der Waals surface area contributed by atoms with Gasteiger partial charge in [0.1, 0.15) is 24.4 Å². The molecule has 0 aromatic heterocycles. The van der Waals surface area contributed by atoms with E-state index in [-0.39, 0.29) is 13.2 Å². The maximum Gasteiger partial charge on any atom is 0.111 e. The monoisotopic (exact) mass is 414 g/mol. The van der Waals surface area contributed by atoms with Gasteiger partial charge < -0.3 is 24.8 Å². The summed E-state index contributed by atoms with van der Waals surface area (Å²) < 4.78 is 11.0. The molecule has 0 aliphatic carbocycles. The lowest BCUT2D eigenvalue weighted by molar-refractivity contribution is -0.208. The van der Waals surface area contributed by atoms with E-state index in [1.54, 1.807) is 0 Å². The Morgan fingerprint density at radius 1 is 0.793 bits per heavy atom. The van der Waals surface area contributed by atoms with E-state index in [1.807, 2.05) is 0 Å². The van der Waals surface area contributed by atoms with E-state index in [0.29, 0.717) is 6.61 Å². The molecule has 1 heterocycles. The van der Waals surface area contributed by atoms with E-state index in [0.717, 1.165) is 12.8 Å². The van der Waals surface area contributed by atoms with Crippen LogP contribution in [0.3, 0.4) is 0 Å². The van der Waals surface area contributed by atoms with Gasteiger partial charge in [0, 0.05) is 6.61 Å². The smallest absolute Gasteiger partial charge is 0.111 e. The van der Waals surface area contributed by atoms with E-state index in [9.17, 15) is 10.2 Å². The maximum absolute atomic E-state index is 10.0. The Hall–Kier alpha value is -0.460. The summed E-state index contributed by atoms with van der Waals surface area (Å²) in [6, 6.07) is 0. The zero-order chi connectivity index (χ0) is 21.2. The zero-order valence-corrected chi connectivity index (χ0v) is 18.6. The van der Waals surface area contributed by atoms with Gasteiger partial charge in [0.05, 0.1) is 13.2 Å². The summed E-state index contributed by atoms with van der Waals surface area (Å²) in [5.74, 6) is 0. The van der Waals surface area contributed by atoms with E-state index in [4.69, 9.17) is 14.6 Å². The van der Waals surface area contributed by atoms with Crippen molar-refractivity contribution in [2.75, 3.05) is 19.8 Å². The number of unbranched alkanes of at least 4 members (excludes halogenated alkanes) is 13. The first-order valence-electron chi connectivity index (χ1n) is 12.0. The van der Waals surface area contributed by atoms with Crippen molar-refractivity contribution in [2.24, 2.45) is 0 Å². The normalized spacial score (nSPS) is 25.1. The number of allylic oxidation sites excluding steroid dienone is 2. The predicted molar refractivity (Wildman–Crippen MR) is 118 cm³/mol. The molecule has 1 aliphatic rings. The second kappa shape index (κ2) is 18.3. The Bertz CT molecular complexity index is 387. The third kappa shape index (κ3) is 12.7. The van der Waals surface area contributed by atoms with Crippen molar-refractivity contribution < 1.29 is 24.8 Å². The van der Waals surface area contributed by atoms with Crippen molar-refractivity contribution >= 4 is 0 Å². The summed E-state index contributed by atoms with van der Waals surface area (Å²) in [5.41, 5.74) is 0. The van der Waals surface area contributed by atoms with Crippen LogP contribution in [0.25, 0.3) is 0 Å². The molecular formula is C24H46O5. The molecule has 172 valence electrons. The first kappa shape index (κ1) is 26.6. The van der Waals surface area contributed by atoms with E-state index < -0.39 is 24.4 Å². The quantitative estimate of drug-likeness (QED) is 0.227. The van der Waals surface area contributed by atoms with E-state index in [1.165, 1.54) is 77.0 Å². The molecule has 1 rings (SSSR count).